The monoisotopic (exact) mass is 331 g/mol. The number of nitroso groups, excluding NO2 is 2. The Balaban J connectivity index is 2.34. The van der Waals surface area contributed by atoms with Crippen molar-refractivity contribution in [3.05, 3.63) is 56.6 Å². The summed E-state index contributed by atoms with van der Waals surface area (Å²) in [5.41, 5.74) is 0.824. The summed E-state index contributed by atoms with van der Waals surface area (Å²) in [5, 5.41) is 32.1. The van der Waals surface area contributed by atoms with Gasteiger partial charge in [-0.05, 0) is 53.8 Å². The molecule has 0 fully saturated rings. The van der Waals surface area contributed by atoms with Crippen molar-refractivity contribution in [3.63, 3.8) is 0 Å². The Hall–Kier alpha value is -3.08. The van der Waals surface area contributed by atoms with Crippen molar-refractivity contribution in [1.29, 1.82) is 0 Å². The third kappa shape index (κ3) is 3.63. The van der Waals surface area contributed by atoms with Crippen LogP contribution in [0.5, 0.6) is 0 Å². The van der Waals surface area contributed by atoms with Crippen LogP contribution < -0.4 is 15.6 Å². The maximum Gasteiger partial charge on any atom is 0.132 e. The molecule has 0 atom stereocenters. The Kier molecular flexibility index (Phi) is 5.37. The highest BCUT2D eigenvalue weighted by molar-refractivity contribution is 5.77. The summed E-state index contributed by atoms with van der Waals surface area (Å²) >= 11 is 0. The predicted octanol–water partition coefficient (Wildman–Crippen LogP) is 4.03. The van der Waals surface area contributed by atoms with Crippen molar-refractivity contribution < 1.29 is 4.84 Å². The van der Waals surface area contributed by atoms with E-state index in [0.29, 0.717) is 16.4 Å². The number of hydrogen-bond donors (Lipinski definition) is 1. The van der Waals surface area contributed by atoms with Crippen LogP contribution in [0.2, 0.25) is 0 Å². The van der Waals surface area contributed by atoms with E-state index < -0.39 is 0 Å². The largest absolute Gasteiger partial charge is 0.758 e. The molecule has 2 aromatic carbocycles. The molecule has 0 spiro atoms. The van der Waals surface area contributed by atoms with Gasteiger partial charge in [0.2, 0.25) is 0 Å². The minimum atomic E-state index is -0.0871. The van der Waals surface area contributed by atoms with E-state index in [0.717, 1.165) is 7.11 Å². The van der Waals surface area contributed by atoms with Crippen molar-refractivity contribution in [2.45, 2.75) is 0 Å². The average Bonchev–Trinajstić information content (AvgIpc) is 2.60. The first kappa shape index (κ1) is 17.3. The first-order valence-electron chi connectivity index (χ1n) is 6.64. The van der Waals surface area contributed by atoms with Gasteiger partial charge in [0.1, 0.15) is 11.4 Å². The molecule has 0 aliphatic heterocycles. The van der Waals surface area contributed by atoms with Crippen molar-refractivity contribution in [2.75, 3.05) is 29.8 Å². The second-order valence-electron chi connectivity index (χ2n) is 4.65. The quantitative estimate of drug-likeness (QED) is 0.594. The highest BCUT2D eigenvalue weighted by Crippen LogP contribution is 2.35. The van der Waals surface area contributed by atoms with E-state index >= 15 is 0 Å². The second-order valence-corrected chi connectivity index (χ2v) is 4.65. The number of nitrogens with one attached hydrogen (secondary N) is 1. The van der Waals surface area contributed by atoms with Gasteiger partial charge in [0.25, 0.3) is 0 Å². The zero-order valence-electron chi connectivity index (χ0n) is 12.8. The van der Waals surface area contributed by atoms with Crippen LogP contribution in [0, 0.1) is 20.2 Å². The summed E-state index contributed by atoms with van der Waals surface area (Å²) in [4.78, 5) is 26.1. The number of nitrogens with zero attached hydrogens (tertiary/aromatic N) is 4. The normalized spacial score (nSPS) is 10.2. The van der Waals surface area contributed by atoms with Gasteiger partial charge in [0.15, 0.2) is 0 Å². The van der Waals surface area contributed by atoms with Crippen LogP contribution in [-0.4, -0.2) is 14.2 Å². The Morgan fingerprint density at radius 3 is 2.17 bits per heavy atom. The molecular weight excluding hydrogens is 318 g/mol. The molecular formula is C14H13N5O5-2. The van der Waals surface area contributed by atoms with E-state index in [2.05, 4.69) is 20.5 Å². The fourth-order valence-corrected chi connectivity index (χ4v) is 2.03. The fourth-order valence-electron chi connectivity index (χ4n) is 2.03. The molecule has 0 bridgehead atoms. The van der Waals surface area contributed by atoms with E-state index in [1.54, 1.807) is 6.07 Å². The Labute approximate surface area is 136 Å². The molecule has 2 aromatic rings. The van der Waals surface area contributed by atoms with Crippen LogP contribution in [0.4, 0.5) is 34.1 Å². The van der Waals surface area contributed by atoms with Gasteiger partial charge in [-0.15, -0.1) is 9.81 Å². The molecule has 10 heteroatoms. The highest BCUT2D eigenvalue weighted by Gasteiger charge is 2.09. The van der Waals surface area contributed by atoms with Crippen LogP contribution in [0.1, 0.15) is 0 Å². The van der Waals surface area contributed by atoms with E-state index in [9.17, 15) is 20.2 Å². The molecule has 0 saturated heterocycles. The highest BCUT2D eigenvalue weighted by atomic mass is 16.9. The van der Waals surface area contributed by atoms with E-state index in [1.165, 1.54) is 37.4 Å². The van der Waals surface area contributed by atoms with Crippen LogP contribution in [0.25, 0.3) is 0 Å². The van der Waals surface area contributed by atoms with E-state index in [1.807, 2.05) is 0 Å². The average molecular weight is 331 g/mol. The van der Waals surface area contributed by atoms with Crippen LogP contribution in [0.15, 0.2) is 46.8 Å². The zero-order valence-corrected chi connectivity index (χ0v) is 12.8. The molecule has 10 nitrogen and oxygen atoms in total. The van der Waals surface area contributed by atoms with Gasteiger partial charge >= 0.3 is 0 Å². The summed E-state index contributed by atoms with van der Waals surface area (Å²) in [5.74, 6) is 0. The Morgan fingerprint density at radius 2 is 1.58 bits per heavy atom. The summed E-state index contributed by atoms with van der Waals surface area (Å²) < 4.78 is 0. The number of benzene rings is 2. The Bertz CT molecular complexity index is 752. The smallest absolute Gasteiger partial charge is 0.132 e. The van der Waals surface area contributed by atoms with Gasteiger partial charge in [-0.1, -0.05) is 0 Å². The molecule has 0 aliphatic carbocycles. The lowest BCUT2D eigenvalue weighted by Gasteiger charge is -2.28. The number of rotatable bonds is 7. The van der Waals surface area contributed by atoms with Gasteiger partial charge in [-0.25, -0.2) is 0 Å². The number of hydrogen-bond acceptors (Lipinski definition) is 10. The SMILES string of the molecule is CON([O-])c1cc(Nc2ccc(N(C)[O-])c(N=O)c2)ccc1N=O. The van der Waals surface area contributed by atoms with Crippen molar-refractivity contribution in [1.82, 2.24) is 0 Å². The molecule has 0 saturated carbocycles. The summed E-state index contributed by atoms with van der Waals surface area (Å²) in [6.45, 7) is 0. The lowest BCUT2D eigenvalue weighted by molar-refractivity contribution is 0.198. The molecule has 0 unspecified atom stereocenters. The lowest BCUT2D eigenvalue weighted by Crippen LogP contribution is -2.12. The molecule has 24 heavy (non-hydrogen) atoms. The first-order chi connectivity index (χ1) is 11.5. The third-order valence-corrected chi connectivity index (χ3v) is 3.14. The maximum atomic E-state index is 11.6. The van der Waals surface area contributed by atoms with Crippen LogP contribution >= 0.6 is 0 Å². The first-order valence-corrected chi connectivity index (χ1v) is 6.64. The van der Waals surface area contributed by atoms with Gasteiger partial charge < -0.3 is 26.0 Å². The number of hydroxylamine groups is 1. The maximum absolute atomic E-state index is 11.6. The molecule has 0 amide bonds. The zero-order chi connectivity index (χ0) is 17.7. The minimum absolute atomic E-state index is 0.0359. The van der Waals surface area contributed by atoms with Gasteiger partial charge in [-0.3, -0.25) is 4.84 Å². The van der Waals surface area contributed by atoms with Gasteiger partial charge in [0, 0.05) is 11.4 Å². The summed E-state index contributed by atoms with van der Waals surface area (Å²) in [6, 6.07) is 8.60. The summed E-state index contributed by atoms with van der Waals surface area (Å²) in [7, 11) is 2.41. The van der Waals surface area contributed by atoms with Crippen molar-refractivity contribution in [3.8, 4) is 0 Å². The molecule has 126 valence electrons. The fraction of sp³-hybridized carbons (Fsp3) is 0.143. The molecule has 0 radical (unpaired) electrons. The lowest BCUT2D eigenvalue weighted by atomic mass is 10.2. The summed E-state index contributed by atoms with van der Waals surface area (Å²) in [6.07, 6.45) is 0. The topological polar surface area (TPSA) is 133 Å². The molecule has 2 rings (SSSR count). The van der Waals surface area contributed by atoms with E-state index in [4.69, 9.17) is 0 Å². The molecule has 0 aromatic heterocycles. The standard InChI is InChI=1S/C14H13N5O5/c1-18(22)13-6-4-9(7-12(13)17-21)15-10-3-5-11(16-20)14(8-10)19(23)24-2/h3-8,15H,1-2H3/q-2. The van der Waals surface area contributed by atoms with Gasteiger partial charge in [-0.2, -0.15) is 0 Å². The van der Waals surface area contributed by atoms with Gasteiger partial charge in [0.05, 0.1) is 18.5 Å². The van der Waals surface area contributed by atoms with Crippen molar-refractivity contribution in [2.24, 2.45) is 10.4 Å². The Morgan fingerprint density at radius 1 is 0.958 bits per heavy atom. The molecule has 0 heterocycles. The van der Waals surface area contributed by atoms with Crippen LogP contribution in [-0.2, 0) is 4.84 Å². The minimum Gasteiger partial charge on any atom is -0.758 e. The molecule has 1 N–H and O–H groups in total. The number of anilines is 4. The van der Waals surface area contributed by atoms with Crippen molar-refractivity contribution >= 4 is 34.1 Å². The molecule has 0 aliphatic rings. The predicted molar refractivity (Wildman–Crippen MR) is 91.7 cm³/mol. The van der Waals surface area contributed by atoms with E-state index in [-0.39, 0.29) is 28.0 Å². The second kappa shape index (κ2) is 7.46. The third-order valence-electron chi connectivity index (χ3n) is 3.14. The van der Waals surface area contributed by atoms with Crippen LogP contribution in [0.3, 0.4) is 0 Å².